The van der Waals surface area contributed by atoms with E-state index in [9.17, 15) is 4.79 Å². The van der Waals surface area contributed by atoms with Gasteiger partial charge in [-0.1, -0.05) is 35.5 Å². The minimum Gasteiger partial charge on any atom is -0.470 e. The minimum absolute atomic E-state index is 0.248. The predicted octanol–water partition coefficient (Wildman–Crippen LogP) is 5.47. The fourth-order valence-electron chi connectivity index (χ4n) is 3.04. The number of hydrogen-bond donors (Lipinski definition) is 1. The summed E-state index contributed by atoms with van der Waals surface area (Å²) >= 11 is 4.77. The van der Waals surface area contributed by atoms with Crippen molar-refractivity contribution in [3.8, 4) is 5.75 Å². The lowest BCUT2D eigenvalue weighted by molar-refractivity contribution is -0.125. The van der Waals surface area contributed by atoms with E-state index >= 15 is 0 Å². The van der Waals surface area contributed by atoms with Crippen molar-refractivity contribution >= 4 is 50.7 Å². The smallest absolute Gasteiger partial charge is 0.272 e. The Hall–Kier alpha value is -2.58. The zero-order chi connectivity index (χ0) is 23.1. The van der Waals surface area contributed by atoms with E-state index in [1.807, 2.05) is 75.6 Å². The second-order valence-electron chi connectivity index (χ2n) is 7.86. The van der Waals surface area contributed by atoms with Gasteiger partial charge in [0, 0.05) is 16.1 Å². The average molecular weight is 516 g/mol. The van der Waals surface area contributed by atoms with Gasteiger partial charge in [0.05, 0.1) is 17.3 Å². The van der Waals surface area contributed by atoms with E-state index in [0.29, 0.717) is 12.4 Å². The molecule has 0 aliphatic carbocycles. The number of pyridine rings is 1. The van der Waals surface area contributed by atoms with Gasteiger partial charge >= 0.3 is 0 Å². The summed E-state index contributed by atoms with van der Waals surface area (Å²) in [6.07, 6.45) is 5.18. The first-order chi connectivity index (χ1) is 15.3. The quantitative estimate of drug-likeness (QED) is 0.232. The molecule has 1 unspecified atom stereocenters. The standard InChI is InChI=1S/C24H26BrN3O3S/c1-16-10-20(12-18-11-19(25)13-26-21(16)18)31-23(32-4)22(29)28-24(2,3)15-27-30-14-17-8-6-5-7-9-17/h5-13,15,23H,14H2,1-4H3,(H,28,29)/b27-15+. The lowest BCUT2D eigenvalue weighted by atomic mass is 10.1. The number of fused-ring (bicyclic) bond motifs is 1. The molecule has 0 fully saturated rings. The first kappa shape index (κ1) is 24.1. The van der Waals surface area contributed by atoms with Crippen LogP contribution in [-0.4, -0.2) is 34.3 Å². The number of nitrogens with zero attached hydrogens (tertiary/aromatic N) is 2. The maximum atomic E-state index is 12.9. The highest BCUT2D eigenvalue weighted by molar-refractivity contribution is 9.10. The summed E-state index contributed by atoms with van der Waals surface area (Å²) in [7, 11) is 0. The highest BCUT2D eigenvalue weighted by Gasteiger charge is 2.26. The van der Waals surface area contributed by atoms with Crippen LogP contribution >= 0.6 is 27.7 Å². The fourth-order valence-corrected chi connectivity index (χ4v) is 3.86. The number of rotatable bonds is 9. The largest absolute Gasteiger partial charge is 0.470 e. The maximum Gasteiger partial charge on any atom is 0.272 e. The Kier molecular flexibility index (Phi) is 8.15. The van der Waals surface area contributed by atoms with E-state index in [1.54, 1.807) is 12.4 Å². The molecule has 2 aromatic carbocycles. The molecule has 0 saturated heterocycles. The molecule has 1 heterocycles. The summed E-state index contributed by atoms with van der Waals surface area (Å²) in [6, 6.07) is 15.5. The molecule has 1 aromatic heterocycles. The van der Waals surface area contributed by atoms with Crippen LogP contribution in [0.4, 0.5) is 0 Å². The van der Waals surface area contributed by atoms with Gasteiger partial charge < -0.3 is 14.9 Å². The van der Waals surface area contributed by atoms with Gasteiger partial charge in [0.1, 0.15) is 12.4 Å². The normalized spacial score (nSPS) is 12.7. The van der Waals surface area contributed by atoms with Crippen molar-refractivity contribution in [1.29, 1.82) is 0 Å². The number of carbonyl (C=O) groups excluding carboxylic acids is 1. The van der Waals surface area contributed by atoms with Gasteiger partial charge in [-0.25, -0.2) is 0 Å². The van der Waals surface area contributed by atoms with E-state index in [1.165, 1.54) is 11.8 Å². The van der Waals surface area contributed by atoms with E-state index in [2.05, 4.69) is 31.4 Å². The highest BCUT2D eigenvalue weighted by Crippen LogP contribution is 2.27. The molecule has 0 spiro atoms. The van der Waals surface area contributed by atoms with Crippen LogP contribution in [0.3, 0.4) is 0 Å². The summed E-state index contributed by atoms with van der Waals surface area (Å²) in [5.41, 5.74) is 1.48. The number of aromatic nitrogens is 1. The molecular weight excluding hydrogens is 490 g/mol. The number of ether oxygens (including phenoxy) is 1. The van der Waals surface area contributed by atoms with Crippen LogP contribution in [-0.2, 0) is 16.2 Å². The third-order valence-corrected chi connectivity index (χ3v) is 5.73. The number of nitrogens with one attached hydrogen (secondary N) is 1. The summed E-state index contributed by atoms with van der Waals surface area (Å²) in [4.78, 5) is 22.7. The van der Waals surface area contributed by atoms with Crippen molar-refractivity contribution < 1.29 is 14.4 Å². The molecule has 168 valence electrons. The highest BCUT2D eigenvalue weighted by atomic mass is 79.9. The average Bonchev–Trinajstić information content (AvgIpc) is 2.75. The van der Waals surface area contributed by atoms with Crippen LogP contribution in [0.5, 0.6) is 5.75 Å². The van der Waals surface area contributed by atoms with Crippen LogP contribution in [0.25, 0.3) is 10.9 Å². The zero-order valence-corrected chi connectivity index (χ0v) is 20.9. The third-order valence-electron chi connectivity index (χ3n) is 4.55. The van der Waals surface area contributed by atoms with E-state index in [0.717, 1.165) is 26.5 Å². The van der Waals surface area contributed by atoms with Crippen molar-refractivity contribution in [1.82, 2.24) is 10.3 Å². The summed E-state index contributed by atoms with van der Waals surface area (Å²) in [5, 5.41) is 7.91. The van der Waals surface area contributed by atoms with Crippen molar-refractivity contribution in [2.45, 2.75) is 38.4 Å². The Labute approximate surface area is 200 Å². The number of benzene rings is 2. The van der Waals surface area contributed by atoms with Crippen LogP contribution in [0.15, 0.2) is 64.4 Å². The lowest BCUT2D eigenvalue weighted by Crippen LogP contribution is -2.49. The molecule has 0 aliphatic rings. The molecule has 8 heteroatoms. The summed E-state index contributed by atoms with van der Waals surface area (Å²) in [5.74, 6) is 0.365. The molecule has 3 rings (SSSR count). The van der Waals surface area contributed by atoms with Gasteiger partial charge in [0.25, 0.3) is 5.91 Å². The van der Waals surface area contributed by atoms with Crippen molar-refractivity contribution in [2.24, 2.45) is 5.16 Å². The van der Waals surface area contributed by atoms with Crippen molar-refractivity contribution in [2.75, 3.05) is 6.26 Å². The number of hydrogen-bond acceptors (Lipinski definition) is 6. The monoisotopic (exact) mass is 515 g/mol. The van der Waals surface area contributed by atoms with Gasteiger partial charge in [0.15, 0.2) is 0 Å². The summed E-state index contributed by atoms with van der Waals surface area (Å²) in [6.45, 7) is 6.03. The molecule has 3 aromatic rings. The minimum atomic E-state index is -0.718. The van der Waals surface area contributed by atoms with Gasteiger partial charge in [-0.3, -0.25) is 9.78 Å². The Bertz CT molecular complexity index is 1110. The van der Waals surface area contributed by atoms with Crippen molar-refractivity contribution in [3.05, 3.63) is 70.3 Å². The second-order valence-corrected chi connectivity index (χ2v) is 9.67. The van der Waals surface area contributed by atoms with E-state index < -0.39 is 11.0 Å². The molecule has 1 N–H and O–H groups in total. The number of amides is 1. The van der Waals surface area contributed by atoms with E-state index in [4.69, 9.17) is 9.57 Å². The number of oxime groups is 1. The molecule has 1 amide bonds. The van der Waals surface area contributed by atoms with Crippen LogP contribution in [0, 0.1) is 6.92 Å². The zero-order valence-electron chi connectivity index (χ0n) is 18.5. The van der Waals surface area contributed by atoms with Crippen molar-refractivity contribution in [3.63, 3.8) is 0 Å². The molecule has 0 radical (unpaired) electrons. The topological polar surface area (TPSA) is 72.8 Å². The number of aryl methyl sites for hydroxylation is 1. The second kappa shape index (κ2) is 10.8. The van der Waals surface area contributed by atoms with Gasteiger partial charge in [0.2, 0.25) is 5.44 Å². The predicted molar refractivity (Wildman–Crippen MR) is 134 cm³/mol. The van der Waals surface area contributed by atoms with Gasteiger partial charge in [-0.05, 0) is 72.3 Å². The van der Waals surface area contributed by atoms with Gasteiger partial charge in [-0.15, -0.1) is 11.8 Å². The molecule has 6 nitrogen and oxygen atoms in total. The Morgan fingerprint density at radius 2 is 2.03 bits per heavy atom. The molecule has 1 atom stereocenters. The SMILES string of the molecule is CSC(Oc1cc(C)c2ncc(Br)cc2c1)C(=O)NC(C)(C)/C=N/OCc1ccccc1. The lowest BCUT2D eigenvalue weighted by Gasteiger charge is -2.25. The Balaban J connectivity index is 1.62. The van der Waals surface area contributed by atoms with Crippen LogP contribution < -0.4 is 10.1 Å². The van der Waals surface area contributed by atoms with Crippen LogP contribution in [0.2, 0.25) is 0 Å². The first-order valence-electron chi connectivity index (χ1n) is 10.1. The third kappa shape index (κ3) is 6.71. The van der Waals surface area contributed by atoms with E-state index in [-0.39, 0.29) is 5.91 Å². The molecule has 0 bridgehead atoms. The summed E-state index contributed by atoms with van der Waals surface area (Å²) < 4.78 is 6.90. The Morgan fingerprint density at radius 3 is 2.75 bits per heavy atom. The fraction of sp³-hybridized carbons (Fsp3) is 0.292. The van der Waals surface area contributed by atoms with Crippen LogP contribution in [0.1, 0.15) is 25.0 Å². The number of carbonyl (C=O) groups is 1. The molecule has 0 aliphatic heterocycles. The number of thioether (sulfide) groups is 1. The number of halogens is 1. The molecule has 0 saturated carbocycles. The maximum absolute atomic E-state index is 12.9. The Morgan fingerprint density at radius 1 is 1.28 bits per heavy atom. The molecule has 32 heavy (non-hydrogen) atoms. The first-order valence-corrected chi connectivity index (χ1v) is 12.1. The van der Waals surface area contributed by atoms with Gasteiger partial charge in [-0.2, -0.15) is 0 Å². The molecular formula is C24H26BrN3O3S.